The maximum Gasteiger partial charge on any atom is 0.322 e. The monoisotopic (exact) mass is 418 g/mol. The van der Waals surface area contributed by atoms with Gasteiger partial charge in [0, 0.05) is 19.6 Å². The molecule has 7 nitrogen and oxygen atoms in total. The number of benzene rings is 2. The van der Waals surface area contributed by atoms with Crippen molar-refractivity contribution in [2.75, 3.05) is 13.1 Å². The summed E-state index contributed by atoms with van der Waals surface area (Å²) in [6.45, 7) is 3.66. The van der Waals surface area contributed by atoms with Gasteiger partial charge >= 0.3 is 12.1 Å². The average molecular weight is 418 g/mol. The van der Waals surface area contributed by atoms with E-state index >= 15 is 0 Å². The molecule has 2 heterocycles. The molecule has 2 aliphatic heterocycles. The number of nitrogens with one attached hydrogen (secondary N) is 3. The molecule has 7 heteroatoms. The summed E-state index contributed by atoms with van der Waals surface area (Å²) in [5.41, 5.74) is 3.60. The van der Waals surface area contributed by atoms with Crippen LogP contribution in [0.25, 0.3) is 0 Å². The van der Waals surface area contributed by atoms with Crippen molar-refractivity contribution < 1.29 is 14.4 Å². The summed E-state index contributed by atoms with van der Waals surface area (Å²) in [6, 6.07) is 15.4. The van der Waals surface area contributed by atoms with Crippen LogP contribution in [-0.4, -0.2) is 36.0 Å². The van der Waals surface area contributed by atoms with Crippen LogP contribution in [0.3, 0.4) is 0 Å². The Kier molecular flexibility index (Phi) is 4.50. The Hall–Kier alpha value is -3.35. The van der Waals surface area contributed by atoms with E-state index < -0.39 is 11.6 Å². The number of carbonyl (C=O) groups is 3. The highest BCUT2D eigenvalue weighted by Crippen LogP contribution is 2.43. The van der Waals surface area contributed by atoms with Crippen LogP contribution >= 0.6 is 0 Å². The van der Waals surface area contributed by atoms with Crippen molar-refractivity contribution in [2.24, 2.45) is 5.41 Å². The number of likely N-dealkylation sites (tertiary alicyclic amines) is 1. The Balaban J connectivity index is 1.17. The highest BCUT2D eigenvalue weighted by atomic mass is 16.2. The summed E-state index contributed by atoms with van der Waals surface area (Å²) in [7, 11) is 0. The standard InChI is InChI=1S/C24H26N4O3/c1-23(20(29)26-21(30)27-23)19-8-6-16(7-9-19)14-25-22(31)28-11-10-24(15-28)12-17-4-2-3-5-18(17)13-24/h2-9H,10-15H2,1H3,(H,25,31)(H2,26,27,29,30). The summed E-state index contributed by atoms with van der Waals surface area (Å²) < 4.78 is 0. The normalized spacial score (nSPS) is 23.6. The molecule has 0 bridgehead atoms. The molecule has 1 atom stereocenters. The van der Waals surface area contributed by atoms with Crippen LogP contribution in [-0.2, 0) is 29.7 Å². The first-order chi connectivity index (χ1) is 14.9. The first kappa shape index (κ1) is 19.6. The fourth-order valence-electron chi connectivity index (χ4n) is 5.16. The van der Waals surface area contributed by atoms with E-state index in [1.54, 1.807) is 6.92 Å². The van der Waals surface area contributed by atoms with Gasteiger partial charge in [0.05, 0.1) is 0 Å². The van der Waals surface area contributed by atoms with Crippen molar-refractivity contribution in [1.29, 1.82) is 0 Å². The fraction of sp³-hybridized carbons (Fsp3) is 0.375. The summed E-state index contributed by atoms with van der Waals surface area (Å²) in [6.07, 6.45) is 3.14. The molecular formula is C24H26N4O3. The van der Waals surface area contributed by atoms with E-state index in [1.165, 1.54) is 11.1 Å². The summed E-state index contributed by atoms with van der Waals surface area (Å²) in [5, 5.41) is 7.95. The van der Waals surface area contributed by atoms with Gasteiger partial charge in [-0.25, -0.2) is 9.59 Å². The number of hydrogen-bond donors (Lipinski definition) is 3. The van der Waals surface area contributed by atoms with Gasteiger partial charge in [0.2, 0.25) is 0 Å². The molecule has 2 fully saturated rings. The van der Waals surface area contributed by atoms with Crippen LogP contribution in [0.1, 0.15) is 35.6 Å². The maximum atomic E-state index is 12.8. The van der Waals surface area contributed by atoms with Crippen LogP contribution in [0.15, 0.2) is 48.5 Å². The lowest BCUT2D eigenvalue weighted by atomic mass is 9.84. The third-order valence-corrected chi connectivity index (χ3v) is 6.99. The lowest BCUT2D eigenvalue weighted by Crippen LogP contribution is -2.40. The summed E-state index contributed by atoms with van der Waals surface area (Å²) in [5.74, 6) is -0.365. The zero-order chi connectivity index (χ0) is 21.6. The molecule has 0 aromatic heterocycles. The van der Waals surface area contributed by atoms with Gasteiger partial charge in [-0.3, -0.25) is 10.1 Å². The Bertz CT molecular complexity index is 1040. The minimum Gasteiger partial charge on any atom is -0.334 e. The Morgan fingerprint density at radius 2 is 1.74 bits per heavy atom. The van der Waals surface area contributed by atoms with E-state index in [9.17, 15) is 14.4 Å². The average Bonchev–Trinajstić information content (AvgIpc) is 3.42. The lowest BCUT2D eigenvalue weighted by molar-refractivity contribution is -0.123. The summed E-state index contributed by atoms with van der Waals surface area (Å²) in [4.78, 5) is 38.2. The molecule has 2 saturated heterocycles. The summed E-state index contributed by atoms with van der Waals surface area (Å²) >= 11 is 0. The van der Waals surface area contributed by atoms with Crippen molar-refractivity contribution in [3.05, 3.63) is 70.8 Å². The van der Waals surface area contributed by atoms with Crippen LogP contribution in [0.4, 0.5) is 9.59 Å². The second kappa shape index (κ2) is 7.11. The smallest absolute Gasteiger partial charge is 0.322 e. The number of rotatable bonds is 3. The van der Waals surface area contributed by atoms with Crippen molar-refractivity contribution >= 4 is 18.0 Å². The predicted octanol–water partition coefficient (Wildman–Crippen LogP) is 2.44. The molecule has 0 radical (unpaired) electrons. The first-order valence-electron chi connectivity index (χ1n) is 10.7. The van der Waals surface area contributed by atoms with E-state index in [0.717, 1.165) is 37.9 Å². The molecule has 0 saturated carbocycles. The second-order valence-electron chi connectivity index (χ2n) is 9.18. The van der Waals surface area contributed by atoms with Gasteiger partial charge in [-0.1, -0.05) is 48.5 Å². The van der Waals surface area contributed by atoms with E-state index in [2.05, 4.69) is 40.2 Å². The highest BCUT2D eigenvalue weighted by molar-refractivity contribution is 6.07. The van der Waals surface area contributed by atoms with Gasteiger partial charge in [0.25, 0.3) is 5.91 Å². The molecular weight excluding hydrogens is 392 g/mol. The zero-order valence-electron chi connectivity index (χ0n) is 17.5. The molecule has 1 spiro atoms. The van der Waals surface area contributed by atoms with Crippen molar-refractivity contribution in [2.45, 2.75) is 38.3 Å². The largest absolute Gasteiger partial charge is 0.334 e. The Labute approximate surface area is 181 Å². The van der Waals surface area contributed by atoms with Crippen LogP contribution in [0, 0.1) is 5.41 Å². The Morgan fingerprint density at radius 1 is 1.06 bits per heavy atom. The third-order valence-electron chi connectivity index (χ3n) is 6.99. The topological polar surface area (TPSA) is 90.5 Å². The zero-order valence-corrected chi connectivity index (χ0v) is 17.5. The minimum atomic E-state index is -1.07. The van der Waals surface area contributed by atoms with Crippen molar-refractivity contribution in [1.82, 2.24) is 20.9 Å². The van der Waals surface area contributed by atoms with E-state index in [0.29, 0.717) is 12.1 Å². The molecule has 31 heavy (non-hydrogen) atoms. The van der Waals surface area contributed by atoms with Crippen molar-refractivity contribution in [3.8, 4) is 0 Å². The molecule has 5 rings (SSSR count). The third kappa shape index (κ3) is 3.44. The Morgan fingerprint density at radius 3 is 2.35 bits per heavy atom. The minimum absolute atomic E-state index is 0.0358. The fourth-order valence-corrected chi connectivity index (χ4v) is 5.16. The maximum absolute atomic E-state index is 12.8. The number of nitrogens with zero attached hydrogens (tertiary/aromatic N) is 1. The molecule has 1 aliphatic carbocycles. The molecule has 2 aromatic rings. The first-order valence-corrected chi connectivity index (χ1v) is 10.7. The number of hydrogen-bond acceptors (Lipinski definition) is 3. The molecule has 5 amide bonds. The van der Waals surface area contributed by atoms with Gasteiger partial charge in [0.1, 0.15) is 5.54 Å². The van der Waals surface area contributed by atoms with Crippen LogP contribution in [0.5, 0.6) is 0 Å². The van der Waals surface area contributed by atoms with E-state index in [-0.39, 0.29) is 17.4 Å². The van der Waals surface area contributed by atoms with E-state index in [1.807, 2.05) is 29.2 Å². The van der Waals surface area contributed by atoms with Gasteiger partial charge in [-0.2, -0.15) is 0 Å². The van der Waals surface area contributed by atoms with Crippen LogP contribution in [0.2, 0.25) is 0 Å². The van der Waals surface area contributed by atoms with Crippen molar-refractivity contribution in [3.63, 3.8) is 0 Å². The molecule has 1 unspecified atom stereocenters. The quantitative estimate of drug-likeness (QED) is 0.669. The van der Waals surface area contributed by atoms with Gasteiger partial charge < -0.3 is 15.5 Å². The number of carbonyl (C=O) groups excluding carboxylic acids is 3. The molecule has 3 aliphatic rings. The molecule has 2 aromatic carbocycles. The van der Waals surface area contributed by atoms with E-state index in [4.69, 9.17) is 0 Å². The predicted molar refractivity (Wildman–Crippen MR) is 115 cm³/mol. The second-order valence-corrected chi connectivity index (χ2v) is 9.18. The number of urea groups is 2. The lowest BCUT2D eigenvalue weighted by Gasteiger charge is -2.24. The molecule has 3 N–H and O–H groups in total. The SMILES string of the molecule is CC1(c2ccc(CNC(=O)N3CCC4(Cc5ccccc5C4)C3)cc2)NC(=O)NC1=O. The number of fused-ring (bicyclic) bond motifs is 1. The molecule has 160 valence electrons. The number of imide groups is 1. The highest BCUT2D eigenvalue weighted by Gasteiger charge is 2.44. The van der Waals surface area contributed by atoms with Crippen LogP contribution < -0.4 is 16.0 Å². The van der Waals surface area contributed by atoms with Gasteiger partial charge in [0.15, 0.2) is 0 Å². The number of amides is 5. The van der Waals surface area contributed by atoms with Gasteiger partial charge in [-0.05, 0) is 53.9 Å². The van der Waals surface area contributed by atoms with Gasteiger partial charge in [-0.15, -0.1) is 0 Å².